The molecule has 2 aromatic heterocycles. The first-order chi connectivity index (χ1) is 9.24. The molecule has 1 N–H and O–H groups in total. The van der Waals surface area contributed by atoms with E-state index in [4.69, 9.17) is 0 Å². The van der Waals surface area contributed by atoms with Crippen LogP contribution in [0.3, 0.4) is 0 Å². The smallest absolute Gasteiger partial charge is 0.225 e. The number of hydrogen-bond acceptors (Lipinski definition) is 5. The summed E-state index contributed by atoms with van der Waals surface area (Å²) in [5.41, 5.74) is 2.19. The molecule has 0 radical (unpaired) electrons. The summed E-state index contributed by atoms with van der Waals surface area (Å²) in [5.74, 6) is 1.78. The zero-order valence-electron chi connectivity index (χ0n) is 11.3. The van der Waals surface area contributed by atoms with Gasteiger partial charge in [-0.3, -0.25) is 0 Å². The summed E-state index contributed by atoms with van der Waals surface area (Å²) < 4.78 is 0. The number of H-pyrrole nitrogens is 1. The molecule has 1 aliphatic rings. The van der Waals surface area contributed by atoms with Crippen LogP contribution < -0.4 is 9.80 Å². The average Bonchev–Trinajstić information content (AvgIpc) is 2.96. The van der Waals surface area contributed by atoms with Crippen LogP contribution in [0.1, 0.15) is 11.3 Å². The Morgan fingerprint density at radius 3 is 2.42 bits per heavy atom. The first kappa shape index (κ1) is 12.0. The van der Waals surface area contributed by atoms with E-state index in [1.807, 2.05) is 26.2 Å². The monoisotopic (exact) mass is 258 g/mol. The fraction of sp³-hybridized carbons (Fsp3) is 0.462. The van der Waals surface area contributed by atoms with Gasteiger partial charge in [0, 0.05) is 50.5 Å². The van der Waals surface area contributed by atoms with Crippen molar-refractivity contribution in [2.24, 2.45) is 0 Å². The molecule has 0 spiro atoms. The van der Waals surface area contributed by atoms with Crippen molar-refractivity contribution in [3.05, 3.63) is 29.8 Å². The molecule has 6 heteroatoms. The highest BCUT2D eigenvalue weighted by Gasteiger charge is 2.20. The second-order valence-corrected chi connectivity index (χ2v) is 4.83. The fourth-order valence-corrected chi connectivity index (χ4v) is 2.22. The number of piperazine rings is 1. The van der Waals surface area contributed by atoms with Gasteiger partial charge in [-0.15, -0.1) is 0 Å². The maximum atomic E-state index is 4.56. The van der Waals surface area contributed by atoms with Gasteiger partial charge in [-0.1, -0.05) is 0 Å². The summed E-state index contributed by atoms with van der Waals surface area (Å²) in [5, 5.41) is 0. The van der Waals surface area contributed by atoms with E-state index in [-0.39, 0.29) is 0 Å². The molecule has 0 aromatic carbocycles. The molecule has 100 valence electrons. The molecule has 0 saturated carbocycles. The second-order valence-electron chi connectivity index (χ2n) is 4.83. The zero-order chi connectivity index (χ0) is 13.2. The molecular weight excluding hydrogens is 240 g/mol. The van der Waals surface area contributed by atoms with E-state index >= 15 is 0 Å². The minimum atomic E-state index is 0.835. The lowest BCUT2D eigenvalue weighted by molar-refractivity contribution is 0.629. The van der Waals surface area contributed by atoms with Gasteiger partial charge in [-0.05, 0) is 19.4 Å². The Hall–Kier alpha value is -2.11. The van der Waals surface area contributed by atoms with E-state index in [1.54, 1.807) is 6.20 Å². The van der Waals surface area contributed by atoms with Crippen molar-refractivity contribution in [3.63, 3.8) is 0 Å². The molecule has 0 unspecified atom stereocenters. The highest BCUT2D eigenvalue weighted by atomic mass is 15.4. The maximum absolute atomic E-state index is 4.56. The summed E-state index contributed by atoms with van der Waals surface area (Å²) in [6.07, 6.45) is 5.54. The van der Waals surface area contributed by atoms with Gasteiger partial charge in [0.2, 0.25) is 11.9 Å². The Balaban J connectivity index is 1.68. The second kappa shape index (κ2) is 4.87. The van der Waals surface area contributed by atoms with E-state index in [0.717, 1.165) is 49.3 Å². The van der Waals surface area contributed by atoms with Crippen LogP contribution in [0.25, 0.3) is 0 Å². The molecule has 3 rings (SSSR count). The van der Waals surface area contributed by atoms with Crippen LogP contribution >= 0.6 is 0 Å². The Labute approximate surface area is 112 Å². The average molecular weight is 258 g/mol. The van der Waals surface area contributed by atoms with Gasteiger partial charge in [-0.2, -0.15) is 0 Å². The third-order valence-electron chi connectivity index (χ3n) is 3.56. The van der Waals surface area contributed by atoms with Gasteiger partial charge in [0.15, 0.2) is 0 Å². The zero-order valence-corrected chi connectivity index (χ0v) is 11.3. The number of hydrogen-bond donors (Lipinski definition) is 1. The van der Waals surface area contributed by atoms with E-state index in [1.165, 1.54) is 0 Å². The van der Waals surface area contributed by atoms with Gasteiger partial charge < -0.3 is 14.8 Å². The van der Waals surface area contributed by atoms with Crippen molar-refractivity contribution >= 4 is 11.9 Å². The number of rotatable bonds is 2. The molecule has 2 aromatic rings. The van der Waals surface area contributed by atoms with Crippen molar-refractivity contribution in [1.82, 2.24) is 19.9 Å². The van der Waals surface area contributed by atoms with Gasteiger partial charge in [0.25, 0.3) is 0 Å². The van der Waals surface area contributed by atoms with Crippen molar-refractivity contribution in [2.75, 3.05) is 36.0 Å². The van der Waals surface area contributed by atoms with Gasteiger partial charge >= 0.3 is 0 Å². The van der Waals surface area contributed by atoms with E-state index in [0.29, 0.717) is 0 Å². The van der Waals surface area contributed by atoms with E-state index in [9.17, 15) is 0 Å². The number of nitrogens with one attached hydrogen (secondary N) is 1. The van der Waals surface area contributed by atoms with E-state index < -0.39 is 0 Å². The van der Waals surface area contributed by atoms with Crippen molar-refractivity contribution in [2.45, 2.75) is 13.8 Å². The summed E-state index contributed by atoms with van der Waals surface area (Å²) in [6.45, 7) is 7.77. The van der Waals surface area contributed by atoms with Crippen LogP contribution in [0.4, 0.5) is 11.9 Å². The first-order valence-electron chi connectivity index (χ1n) is 6.53. The van der Waals surface area contributed by atoms with Gasteiger partial charge in [-0.25, -0.2) is 15.0 Å². The highest BCUT2D eigenvalue weighted by molar-refractivity contribution is 5.38. The molecular formula is C13H18N6. The van der Waals surface area contributed by atoms with E-state index in [2.05, 4.69) is 29.7 Å². The largest absolute Gasteiger partial charge is 0.339 e. The number of nitrogens with zero attached hydrogens (tertiary/aromatic N) is 5. The summed E-state index contributed by atoms with van der Waals surface area (Å²) in [6, 6.07) is 0. The fourth-order valence-electron chi connectivity index (χ4n) is 2.22. The Morgan fingerprint density at radius 1 is 1.05 bits per heavy atom. The Kier molecular flexibility index (Phi) is 3.06. The Bertz CT molecular complexity index is 542. The molecule has 0 amide bonds. The minimum Gasteiger partial charge on any atom is -0.339 e. The summed E-state index contributed by atoms with van der Waals surface area (Å²) in [7, 11) is 0. The molecule has 19 heavy (non-hydrogen) atoms. The predicted molar refractivity (Wildman–Crippen MR) is 74.5 cm³/mol. The SMILES string of the molecule is Cc1cnc(N2CCN(c3ncc[nH]3)CC2)nc1C. The lowest BCUT2D eigenvalue weighted by Crippen LogP contribution is -2.47. The first-order valence-corrected chi connectivity index (χ1v) is 6.53. The van der Waals surface area contributed by atoms with Crippen LogP contribution in [0.15, 0.2) is 18.6 Å². The topological polar surface area (TPSA) is 60.9 Å². The quantitative estimate of drug-likeness (QED) is 0.875. The third kappa shape index (κ3) is 2.38. The van der Waals surface area contributed by atoms with Crippen LogP contribution in [0.2, 0.25) is 0 Å². The summed E-state index contributed by atoms with van der Waals surface area (Å²) in [4.78, 5) is 20.9. The van der Waals surface area contributed by atoms with Gasteiger partial charge in [0.1, 0.15) is 0 Å². The molecule has 1 aliphatic heterocycles. The predicted octanol–water partition coefficient (Wildman–Crippen LogP) is 1.14. The molecule has 0 atom stereocenters. The molecule has 3 heterocycles. The maximum Gasteiger partial charge on any atom is 0.225 e. The van der Waals surface area contributed by atoms with Crippen LogP contribution in [-0.2, 0) is 0 Å². The van der Waals surface area contributed by atoms with Crippen LogP contribution in [0, 0.1) is 13.8 Å². The standard InChI is InChI=1S/C13H18N6/c1-10-9-16-13(17-11(10)2)19-7-5-18(6-8-19)12-14-3-4-15-12/h3-4,9H,5-8H2,1-2H3,(H,14,15). The normalized spacial score (nSPS) is 15.9. The van der Waals surface area contributed by atoms with Crippen molar-refractivity contribution in [3.8, 4) is 0 Å². The molecule has 0 bridgehead atoms. The summed E-state index contributed by atoms with van der Waals surface area (Å²) >= 11 is 0. The molecule has 1 saturated heterocycles. The number of imidazole rings is 1. The lowest BCUT2D eigenvalue weighted by atomic mass is 10.3. The number of aromatic amines is 1. The highest BCUT2D eigenvalue weighted by Crippen LogP contribution is 2.15. The van der Waals surface area contributed by atoms with Crippen molar-refractivity contribution < 1.29 is 0 Å². The Morgan fingerprint density at radius 2 is 1.79 bits per heavy atom. The van der Waals surface area contributed by atoms with Crippen molar-refractivity contribution in [1.29, 1.82) is 0 Å². The molecule has 0 aliphatic carbocycles. The van der Waals surface area contributed by atoms with Crippen LogP contribution in [0.5, 0.6) is 0 Å². The number of aromatic nitrogens is 4. The minimum absolute atomic E-state index is 0.835. The van der Waals surface area contributed by atoms with Gasteiger partial charge in [0.05, 0.1) is 0 Å². The molecule has 6 nitrogen and oxygen atoms in total. The molecule has 1 fully saturated rings. The third-order valence-corrected chi connectivity index (χ3v) is 3.56. The lowest BCUT2D eigenvalue weighted by Gasteiger charge is -2.34. The van der Waals surface area contributed by atoms with Crippen LogP contribution in [-0.4, -0.2) is 46.1 Å². The number of anilines is 2. The number of aryl methyl sites for hydroxylation is 2.